The number of carbonyl (C=O) groups is 1. The Hall–Kier alpha value is -3.47. The van der Waals surface area contributed by atoms with E-state index in [1.165, 1.54) is 31.2 Å². The number of nitriles is 1. The van der Waals surface area contributed by atoms with E-state index in [0.717, 1.165) is 0 Å². The smallest absolute Gasteiger partial charge is 0.335 e. The lowest BCUT2D eigenvalue weighted by atomic mass is 10.1. The number of azo groups is 1. The van der Waals surface area contributed by atoms with E-state index in [9.17, 15) is 14.7 Å². The van der Waals surface area contributed by atoms with Crippen LogP contribution in [0.4, 0.5) is 11.4 Å². The zero-order valence-electron chi connectivity index (χ0n) is 11.4. The number of carboxylic acid groups (broad SMARTS) is 1. The number of aromatic hydroxyl groups is 1. The first kappa shape index (κ1) is 14.9. The quantitative estimate of drug-likeness (QED) is 0.746. The molecule has 1 aromatic carbocycles. The van der Waals surface area contributed by atoms with Crippen LogP contribution in [0.5, 0.6) is 5.88 Å². The normalized spacial score (nSPS) is 10.5. The molecular weight excluding hydrogens is 288 g/mol. The van der Waals surface area contributed by atoms with Crippen LogP contribution in [-0.4, -0.2) is 21.2 Å². The number of hydrogen-bond donors (Lipinski definition) is 3. The number of benzene rings is 1. The Kier molecular flexibility index (Phi) is 3.99. The fraction of sp³-hybridized carbons (Fsp3) is 0.0714. The fourth-order valence-corrected chi connectivity index (χ4v) is 1.73. The molecule has 0 saturated carbocycles. The average Bonchev–Trinajstić information content (AvgIpc) is 2.47. The summed E-state index contributed by atoms with van der Waals surface area (Å²) in [6.07, 6.45) is 0. The van der Waals surface area contributed by atoms with Gasteiger partial charge in [0.15, 0.2) is 5.69 Å². The van der Waals surface area contributed by atoms with Gasteiger partial charge in [0.1, 0.15) is 11.6 Å². The number of rotatable bonds is 3. The summed E-state index contributed by atoms with van der Waals surface area (Å²) in [5.41, 5.74) is -0.222. The van der Waals surface area contributed by atoms with Crippen molar-refractivity contribution in [3.8, 4) is 11.9 Å². The van der Waals surface area contributed by atoms with Crippen LogP contribution in [0.3, 0.4) is 0 Å². The van der Waals surface area contributed by atoms with Crippen LogP contribution in [0, 0.1) is 18.3 Å². The second kappa shape index (κ2) is 5.88. The molecule has 1 heterocycles. The van der Waals surface area contributed by atoms with Crippen LogP contribution in [0.1, 0.15) is 21.5 Å². The van der Waals surface area contributed by atoms with E-state index in [-0.39, 0.29) is 22.4 Å². The summed E-state index contributed by atoms with van der Waals surface area (Å²) in [7, 11) is 0. The summed E-state index contributed by atoms with van der Waals surface area (Å²) >= 11 is 0. The summed E-state index contributed by atoms with van der Waals surface area (Å²) < 4.78 is 0. The predicted octanol–water partition coefficient (Wildman–Crippen LogP) is 2.37. The van der Waals surface area contributed by atoms with Gasteiger partial charge < -0.3 is 10.2 Å². The van der Waals surface area contributed by atoms with Gasteiger partial charge in [-0.3, -0.25) is 9.78 Å². The largest absolute Gasteiger partial charge is 0.494 e. The van der Waals surface area contributed by atoms with Crippen LogP contribution in [0.25, 0.3) is 0 Å². The third-order valence-corrected chi connectivity index (χ3v) is 2.91. The monoisotopic (exact) mass is 298 g/mol. The zero-order valence-corrected chi connectivity index (χ0v) is 11.4. The molecule has 0 unspecified atom stereocenters. The number of aromatic nitrogens is 1. The van der Waals surface area contributed by atoms with Crippen molar-refractivity contribution < 1.29 is 15.0 Å². The van der Waals surface area contributed by atoms with E-state index in [4.69, 9.17) is 10.4 Å². The van der Waals surface area contributed by atoms with Crippen molar-refractivity contribution in [2.24, 2.45) is 10.2 Å². The molecule has 2 aromatic rings. The lowest BCUT2D eigenvalue weighted by Crippen LogP contribution is -2.08. The Bertz CT molecular complexity index is 860. The van der Waals surface area contributed by atoms with Crippen molar-refractivity contribution in [3.05, 3.63) is 51.3 Å². The molecule has 2 rings (SSSR count). The molecule has 1 aromatic heterocycles. The number of hydrogen-bond acceptors (Lipinski definition) is 6. The van der Waals surface area contributed by atoms with E-state index in [2.05, 4.69) is 15.2 Å². The molecule has 0 spiro atoms. The molecule has 22 heavy (non-hydrogen) atoms. The van der Waals surface area contributed by atoms with E-state index in [1.54, 1.807) is 6.07 Å². The minimum Gasteiger partial charge on any atom is -0.494 e. The highest BCUT2D eigenvalue weighted by atomic mass is 16.4. The second-order valence-corrected chi connectivity index (χ2v) is 4.32. The van der Waals surface area contributed by atoms with Crippen molar-refractivity contribution in [3.63, 3.8) is 0 Å². The standard InChI is InChI=1S/C14H10N4O4/c1-7-10(6-15)12(19)16-13(20)11(7)18-17-9-4-2-8(3-5-9)14(21)22/h2-5H,1H3,(H,21,22)(H2,16,19,20). The fourth-order valence-electron chi connectivity index (χ4n) is 1.73. The van der Waals surface area contributed by atoms with E-state index < -0.39 is 17.4 Å². The van der Waals surface area contributed by atoms with E-state index in [0.29, 0.717) is 5.69 Å². The molecule has 0 aliphatic rings. The molecule has 110 valence electrons. The van der Waals surface area contributed by atoms with Crippen LogP contribution in [0.15, 0.2) is 39.3 Å². The molecule has 3 N–H and O–H groups in total. The molecule has 0 radical (unpaired) electrons. The van der Waals surface area contributed by atoms with Crippen molar-refractivity contribution in [2.75, 3.05) is 0 Å². The highest BCUT2D eigenvalue weighted by Crippen LogP contribution is 2.24. The third kappa shape index (κ3) is 2.83. The predicted molar refractivity (Wildman–Crippen MR) is 75.8 cm³/mol. The molecule has 0 amide bonds. The van der Waals surface area contributed by atoms with Gasteiger partial charge in [-0.1, -0.05) is 0 Å². The van der Waals surface area contributed by atoms with Crippen LogP contribution in [0.2, 0.25) is 0 Å². The van der Waals surface area contributed by atoms with Gasteiger partial charge in [-0.25, -0.2) is 4.79 Å². The molecule has 0 bridgehead atoms. The van der Waals surface area contributed by atoms with Crippen molar-refractivity contribution in [1.29, 1.82) is 5.26 Å². The summed E-state index contributed by atoms with van der Waals surface area (Å²) in [5.74, 6) is -1.58. The van der Waals surface area contributed by atoms with Gasteiger partial charge in [0.2, 0.25) is 5.88 Å². The van der Waals surface area contributed by atoms with Crippen LogP contribution < -0.4 is 5.56 Å². The first-order valence-electron chi connectivity index (χ1n) is 6.05. The molecule has 8 nitrogen and oxygen atoms in total. The summed E-state index contributed by atoms with van der Waals surface area (Å²) in [6.45, 7) is 1.47. The maximum atomic E-state index is 11.7. The zero-order chi connectivity index (χ0) is 16.3. The lowest BCUT2D eigenvalue weighted by molar-refractivity contribution is 0.0697. The number of carboxylic acids is 1. The van der Waals surface area contributed by atoms with E-state index in [1.807, 2.05) is 0 Å². The Morgan fingerprint density at radius 3 is 2.45 bits per heavy atom. The first-order chi connectivity index (χ1) is 10.4. The molecule has 0 fully saturated rings. The number of nitrogens with zero attached hydrogens (tertiary/aromatic N) is 3. The minimum atomic E-state index is -1.06. The molecule has 0 saturated heterocycles. The highest BCUT2D eigenvalue weighted by molar-refractivity contribution is 5.87. The Morgan fingerprint density at radius 1 is 1.27 bits per heavy atom. The molecule has 0 atom stereocenters. The number of aromatic amines is 1. The maximum absolute atomic E-state index is 11.7. The maximum Gasteiger partial charge on any atom is 0.335 e. The number of pyridine rings is 1. The Balaban J connectivity index is 2.41. The molecule has 0 aliphatic carbocycles. The SMILES string of the molecule is Cc1c(C#N)c(O)[nH]c(=O)c1N=Nc1ccc(C(=O)O)cc1. The first-order valence-corrected chi connectivity index (χ1v) is 6.05. The van der Waals surface area contributed by atoms with Gasteiger partial charge in [-0.05, 0) is 31.2 Å². The van der Waals surface area contributed by atoms with Gasteiger partial charge in [0.05, 0.1) is 11.3 Å². The minimum absolute atomic E-state index is 0.0882. The van der Waals surface area contributed by atoms with Gasteiger partial charge >= 0.3 is 5.97 Å². The van der Waals surface area contributed by atoms with Crippen molar-refractivity contribution in [2.45, 2.75) is 6.92 Å². The molecular formula is C14H10N4O4. The number of H-pyrrole nitrogens is 1. The number of aromatic carboxylic acids is 1. The van der Waals surface area contributed by atoms with Crippen molar-refractivity contribution >= 4 is 17.3 Å². The Morgan fingerprint density at radius 2 is 1.91 bits per heavy atom. The summed E-state index contributed by atoms with van der Waals surface area (Å²) in [4.78, 5) is 24.6. The average molecular weight is 298 g/mol. The summed E-state index contributed by atoms with van der Waals surface area (Å²) in [5, 5.41) is 34.8. The molecule has 0 aliphatic heterocycles. The lowest BCUT2D eigenvalue weighted by Gasteiger charge is -2.02. The third-order valence-electron chi connectivity index (χ3n) is 2.91. The highest BCUT2D eigenvalue weighted by Gasteiger charge is 2.13. The van der Waals surface area contributed by atoms with Gasteiger partial charge in [0, 0.05) is 5.56 Å². The van der Waals surface area contributed by atoms with E-state index >= 15 is 0 Å². The van der Waals surface area contributed by atoms with Crippen LogP contribution >= 0.6 is 0 Å². The summed E-state index contributed by atoms with van der Waals surface area (Å²) in [6, 6.07) is 7.33. The van der Waals surface area contributed by atoms with Gasteiger partial charge in [0.25, 0.3) is 5.56 Å². The molecule has 8 heteroatoms. The second-order valence-electron chi connectivity index (χ2n) is 4.32. The van der Waals surface area contributed by atoms with Gasteiger partial charge in [-0.15, -0.1) is 5.11 Å². The number of nitrogens with one attached hydrogen (secondary N) is 1. The van der Waals surface area contributed by atoms with Crippen LogP contribution in [-0.2, 0) is 0 Å². The topological polar surface area (TPSA) is 139 Å². The van der Waals surface area contributed by atoms with Gasteiger partial charge in [-0.2, -0.15) is 10.4 Å². The Labute approximate surface area is 124 Å². The van der Waals surface area contributed by atoms with Crippen molar-refractivity contribution in [1.82, 2.24) is 4.98 Å².